The topological polar surface area (TPSA) is 66.5 Å². The van der Waals surface area contributed by atoms with Crippen LogP contribution in [0.2, 0.25) is 0 Å². The van der Waals surface area contributed by atoms with Crippen LogP contribution in [0.4, 0.5) is 5.69 Å². The largest absolute Gasteiger partial charge is 0.322 e. The van der Waals surface area contributed by atoms with Gasteiger partial charge in [0.2, 0.25) is 0 Å². The number of nitrogens with one attached hydrogen (secondary N) is 1. The van der Waals surface area contributed by atoms with E-state index < -0.39 is 10.0 Å². The molecule has 3 aromatic carbocycles. The Hall–Kier alpha value is -3.00. The number of rotatable bonds is 4. The predicted molar refractivity (Wildman–Crippen MR) is 124 cm³/mol. The molecule has 1 aliphatic heterocycles. The summed E-state index contributed by atoms with van der Waals surface area (Å²) < 4.78 is 27.6. The van der Waals surface area contributed by atoms with Gasteiger partial charge in [0.1, 0.15) is 4.21 Å². The summed E-state index contributed by atoms with van der Waals surface area (Å²) in [5, 5.41) is 6.81. The third-order valence-electron chi connectivity index (χ3n) is 5.54. The lowest BCUT2D eigenvalue weighted by Crippen LogP contribution is -2.35. The van der Waals surface area contributed by atoms with Crippen molar-refractivity contribution < 1.29 is 13.2 Å². The van der Waals surface area contributed by atoms with E-state index in [2.05, 4.69) is 5.32 Å². The molecule has 1 aliphatic rings. The lowest BCUT2D eigenvalue weighted by atomic mass is 10.0. The highest BCUT2D eigenvalue weighted by atomic mass is 32.2. The maximum absolute atomic E-state index is 12.9. The highest BCUT2D eigenvalue weighted by molar-refractivity contribution is 7.91. The first-order valence-electron chi connectivity index (χ1n) is 9.96. The number of hydrogen-bond donors (Lipinski definition) is 1. The minimum Gasteiger partial charge on any atom is -0.322 e. The molecule has 0 saturated carbocycles. The molecule has 1 amide bonds. The van der Waals surface area contributed by atoms with Crippen molar-refractivity contribution in [3.05, 3.63) is 94.9 Å². The van der Waals surface area contributed by atoms with Crippen molar-refractivity contribution >= 4 is 43.7 Å². The van der Waals surface area contributed by atoms with Gasteiger partial charge in [-0.15, -0.1) is 11.3 Å². The quantitative estimate of drug-likeness (QED) is 0.483. The molecule has 0 fully saturated rings. The van der Waals surface area contributed by atoms with E-state index in [9.17, 15) is 13.2 Å². The molecule has 1 aromatic heterocycles. The van der Waals surface area contributed by atoms with Crippen LogP contribution in [0.25, 0.3) is 10.8 Å². The SMILES string of the molecule is O=C(Nc1ccc2c(c1)CN(S(=O)(=O)c1cccs1)CC2)c1ccc2ccccc2c1. The third kappa shape index (κ3) is 3.87. The standard InChI is InChI=1S/C24H20N2O3S2/c27-24(20-8-7-17-4-1-2-5-19(17)14-20)25-22-10-9-18-11-12-26(16-21(18)15-22)31(28,29)23-6-3-13-30-23/h1-10,13-15H,11-12,16H2,(H,25,27). The van der Waals surface area contributed by atoms with Crippen molar-refractivity contribution in [2.45, 2.75) is 17.2 Å². The first kappa shape index (κ1) is 19.9. The summed E-state index contributed by atoms with van der Waals surface area (Å²) in [5.74, 6) is -0.190. The van der Waals surface area contributed by atoms with Crippen LogP contribution < -0.4 is 5.32 Å². The van der Waals surface area contributed by atoms with Gasteiger partial charge in [-0.2, -0.15) is 4.31 Å². The summed E-state index contributed by atoms with van der Waals surface area (Å²) in [4.78, 5) is 12.8. The van der Waals surface area contributed by atoms with Crippen molar-refractivity contribution in [1.29, 1.82) is 0 Å². The predicted octanol–water partition coefficient (Wildman–Crippen LogP) is 4.90. The van der Waals surface area contributed by atoms with Gasteiger partial charge in [0.05, 0.1) is 0 Å². The maximum atomic E-state index is 12.9. The molecule has 0 unspecified atom stereocenters. The van der Waals surface area contributed by atoms with E-state index in [4.69, 9.17) is 0 Å². The smallest absolute Gasteiger partial charge is 0.255 e. The Labute approximate surface area is 185 Å². The van der Waals surface area contributed by atoms with Crippen LogP contribution in [-0.4, -0.2) is 25.2 Å². The van der Waals surface area contributed by atoms with Crippen LogP contribution in [0.15, 0.2) is 82.4 Å². The lowest BCUT2D eigenvalue weighted by molar-refractivity contribution is 0.102. The Morgan fingerprint density at radius 2 is 1.74 bits per heavy atom. The molecule has 0 spiro atoms. The minimum absolute atomic E-state index is 0.190. The summed E-state index contributed by atoms with van der Waals surface area (Å²) in [6, 6.07) is 22.6. The normalized spacial score (nSPS) is 14.3. The molecule has 0 radical (unpaired) electrons. The molecular formula is C24H20N2O3S2. The van der Waals surface area contributed by atoms with Crippen LogP contribution in [0.3, 0.4) is 0 Å². The van der Waals surface area contributed by atoms with Crippen molar-refractivity contribution in [3.8, 4) is 0 Å². The second-order valence-electron chi connectivity index (χ2n) is 7.52. The molecule has 0 saturated heterocycles. The van der Waals surface area contributed by atoms with Crippen LogP contribution >= 0.6 is 11.3 Å². The first-order valence-corrected chi connectivity index (χ1v) is 12.3. The van der Waals surface area contributed by atoms with Gasteiger partial charge in [-0.25, -0.2) is 8.42 Å². The molecule has 5 nitrogen and oxygen atoms in total. The fraction of sp³-hybridized carbons (Fsp3) is 0.125. The number of fused-ring (bicyclic) bond motifs is 2. The molecule has 2 heterocycles. The Morgan fingerprint density at radius 1 is 0.903 bits per heavy atom. The minimum atomic E-state index is -3.50. The molecule has 4 aromatic rings. The van der Waals surface area contributed by atoms with Gasteiger partial charge < -0.3 is 5.32 Å². The first-order chi connectivity index (χ1) is 15.0. The fourth-order valence-corrected chi connectivity index (χ4v) is 6.45. The zero-order valence-electron chi connectivity index (χ0n) is 16.6. The monoisotopic (exact) mass is 448 g/mol. The summed E-state index contributed by atoms with van der Waals surface area (Å²) in [7, 11) is -3.50. The molecule has 0 bridgehead atoms. The maximum Gasteiger partial charge on any atom is 0.255 e. The fourth-order valence-electron chi connectivity index (χ4n) is 3.89. The highest BCUT2D eigenvalue weighted by Crippen LogP contribution is 2.29. The number of nitrogens with zero attached hydrogens (tertiary/aromatic N) is 1. The van der Waals surface area contributed by atoms with E-state index in [1.165, 1.54) is 15.6 Å². The Morgan fingerprint density at radius 3 is 2.55 bits per heavy atom. The Kier molecular flexibility index (Phi) is 5.09. The van der Waals surface area contributed by atoms with Gasteiger partial charge in [0.15, 0.2) is 0 Å². The van der Waals surface area contributed by atoms with Crippen LogP contribution in [-0.2, 0) is 23.0 Å². The van der Waals surface area contributed by atoms with Crippen LogP contribution in [0.5, 0.6) is 0 Å². The zero-order valence-corrected chi connectivity index (χ0v) is 18.2. The van der Waals surface area contributed by atoms with E-state index in [0.29, 0.717) is 35.0 Å². The molecule has 7 heteroatoms. The Bertz CT molecular complexity index is 1380. The number of hydrogen-bond acceptors (Lipinski definition) is 4. The van der Waals surface area contributed by atoms with E-state index in [1.54, 1.807) is 17.5 Å². The van der Waals surface area contributed by atoms with Gasteiger partial charge in [-0.05, 0) is 64.0 Å². The zero-order chi connectivity index (χ0) is 21.4. The molecule has 31 heavy (non-hydrogen) atoms. The molecular weight excluding hydrogens is 428 g/mol. The Balaban J connectivity index is 1.37. The molecule has 1 N–H and O–H groups in total. The van der Waals surface area contributed by atoms with E-state index >= 15 is 0 Å². The number of amides is 1. The van der Waals surface area contributed by atoms with Gasteiger partial charge >= 0.3 is 0 Å². The summed E-state index contributed by atoms with van der Waals surface area (Å²) in [5.41, 5.74) is 3.27. The number of benzene rings is 3. The van der Waals surface area contributed by atoms with Crippen LogP contribution in [0.1, 0.15) is 21.5 Å². The van der Waals surface area contributed by atoms with Gasteiger partial charge in [-0.3, -0.25) is 4.79 Å². The van der Waals surface area contributed by atoms with Gasteiger partial charge in [-0.1, -0.05) is 42.5 Å². The van der Waals surface area contributed by atoms with Gasteiger partial charge in [0, 0.05) is 24.3 Å². The molecule has 5 rings (SSSR count). The van der Waals surface area contributed by atoms with Crippen molar-refractivity contribution in [3.63, 3.8) is 0 Å². The second-order valence-corrected chi connectivity index (χ2v) is 10.6. The van der Waals surface area contributed by atoms with E-state index in [1.807, 2.05) is 60.7 Å². The molecule has 156 valence electrons. The average molecular weight is 449 g/mol. The second kappa shape index (κ2) is 7.92. The molecule has 0 aliphatic carbocycles. The highest BCUT2D eigenvalue weighted by Gasteiger charge is 2.29. The molecule has 0 atom stereocenters. The number of sulfonamides is 1. The average Bonchev–Trinajstić information content (AvgIpc) is 3.34. The summed E-state index contributed by atoms with van der Waals surface area (Å²) in [6.45, 7) is 0.755. The van der Waals surface area contributed by atoms with Gasteiger partial charge in [0.25, 0.3) is 15.9 Å². The van der Waals surface area contributed by atoms with Crippen molar-refractivity contribution in [1.82, 2.24) is 4.31 Å². The van der Waals surface area contributed by atoms with E-state index in [0.717, 1.165) is 21.9 Å². The van der Waals surface area contributed by atoms with Crippen molar-refractivity contribution in [2.75, 3.05) is 11.9 Å². The van der Waals surface area contributed by atoms with Crippen molar-refractivity contribution in [2.24, 2.45) is 0 Å². The summed E-state index contributed by atoms with van der Waals surface area (Å²) in [6.07, 6.45) is 0.652. The van der Waals surface area contributed by atoms with Crippen LogP contribution in [0, 0.1) is 0 Å². The number of carbonyl (C=O) groups excluding carboxylic acids is 1. The number of carbonyl (C=O) groups is 1. The third-order valence-corrected chi connectivity index (χ3v) is 8.76. The van der Waals surface area contributed by atoms with E-state index in [-0.39, 0.29) is 5.91 Å². The number of thiophene rings is 1. The lowest BCUT2D eigenvalue weighted by Gasteiger charge is -2.28. The number of anilines is 1. The summed E-state index contributed by atoms with van der Waals surface area (Å²) >= 11 is 1.23.